The number of amides is 1. The topological polar surface area (TPSA) is 54.9 Å². The summed E-state index contributed by atoms with van der Waals surface area (Å²) in [6.07, 6.45) is 0. The number of carbonyl (C=O) groups excluding carboxylic acids is 1. The zero-order valence-corrected chi connectivity index (χ0v) is 17.3. The summed E-state index contributed by atoms with van der Waals surface area (Å²) in [5, 5.41) is 5.14. The molecule has 0 saturated carbocycles. The Bertz CT molecular complexity index is 738. The molecule has 2 aromatic carbocycles. The van der Waals surface area contributed by atoms with E-state index in [2.05, 4.69) is 62.6 Å². The van der Waals surface area contributed by atoms with Crippen LogP contribution < -0.4 is 15.4 Å². The Morgan fingerprint density at radius 1 is 0.926 bits per heavy atom. The van der Waals surface area contributed by atoms with Crippen molar-refractivity contribution in [3.8, 4) is 5.75 Å². The zero-order chi connectivity index (χ0) is 20.0. The first-order chi connectivity index (χ1) is 12.8. The Morgan fingerprint density at radius 2 is 1.52 bits per heavy atom. The molecule has 2 atom stereocenters. The van der Waals surface area contributed by atoms with Crippen LogP contribution in [0.5, 0.6) is 5.75 Å². The van der Waals surface area contributed by atoms with Crippen molar-refractivity contribution in [3.63, 3.8) is 0 Å². The van der Waals surface area contributed by atoms with Crippen LogP contribution in [0.15, 0.2) is 48.5 Å². The van der Waals surface area contributed by atoms with Gasteiger partial charge in [0.2, 0.25) is 0 Å². The lowest BCUT2D eigenvalue weighted by atomic mass is 9.93. The van der Waals surface area contributed by atoms with Crippen molar-refractivity contribution in [2.24, 2.45) is 5.92 Å². The number of carbonyl (C=O) groups is 1. The molecule has 0 saturated heterocycles. The fraction of sp³-hybridized carbons (Fsp3) is 0.435. The average Bonchev–Trinajstić information content (AvgIpc) is 2.66. The number of ether oxygens (including phenoxy) is 1. The number of benzene rings is 2. The van der Waals surface area contributed by atoms with Crippen LogP contribution in [0.1, 0.15) is 57.7 Å². The quantitative estimate of drug-likeness (QED) is 0.736. The van der Waals surface area contributed by atoms with E-state index in [-0.39, 0.29) is 18.0 Å². The predicted octanol–water partition coefficient (Wildman–Crippen LogP) is 4.11. The minimum absolute atomic E-state index is 0.0241. The minimum atomic E-state index is -0.216. The second-order valence-corrected chi connectivity index (χ2v) is 7.76. The van der Waals surface area contributed by atoms with Gasteiger partial charge in [0.15, 0.2) is 6.04 Å². The van der Waals surface area contributed by atoms with Crippen molar-refractivity contribution in [2.45, 2.75) is 52.6 Å². The van der Waals surface area contributed by atoms with E-state index in [0.717, 1.165) is 0 Å². The SMILES string of the molecule is COc1ccccc1NC(=O)[C@@H](C)[NH2+][C@H](c1ccc(C(C)C)cc1)C(C)C. The summed E-state index contributed by atoms with van der Waals surface area (Å²) in [6.45, 7) is 10.7. The van der Waals surface area contributed by atoms with Gasteiger partial charge in [0.05, 0.1) is 12.8 Å². The van der Waals surface area contributed by atoms with Crippen LogP contribution >= 0.6 is 0 Å². The number of nitrogens with two attached hydrogens (primary N) is 1. The summed E-state index contributed by atoms with van der Waals surface area (Å²) in [4.78, 5) is 12.7. The monoisotopic (exact) mass is 369 g/mol. The summed E-state index contributed by atoms with van der Waals surface area (Å²) in [6, 6.07) is 16.3. The number of hydrogen-bond donors (Lipinski definition) is 2. The molecule has 2 rings (SSSR count). The number of rotatable bonds is 8. The Morgan fingerprint density at radius 3 is 2.07 bits per heavy atom. The van der Waals surface area contributed by atoms with Gasteiger partial charge in [-0.1, -0.05) is 64.1 Å². The average molecular weight is 370 g/mol. The molecule has 0 aliphatic heterocycles. The second kappa shape index (κ2) is 9.56. The Labute approximate surface area is 163 Å². The summed E-state index contributed by atoms with van der Waals surface area (Å²) in [5.41, 5.74) is 3.29. The third kappa shape index (κ3) is 5.57. The first-order valence-corrected chi connectivity index (χ1v) is 9.72. The Hall–Kier alpha value is -2.33. The van der Waals surface area contributed by atoms with Crippen LogP contribution in [0, 0.1) is 5.92 Å². The van der Waals surface area contributed by atoms with Crippen molar-refractivity contribution in [1.82, 2.24) is 0 Å². The van der Waals surface area contributed by atoms with Gasteiger partial charge in [-0.15, -0.1) is 0 Å². The van der Waals surface area contributed by atoms with Gasteiger partial charge in [-0.25, -0.2) is 0 Å². The molecule has 2 aromatic rings. The van der Waals surface area contributed by atoms with E-state index < -0.39 is 0 Å². The molecule has 3 N–H and O–H groups in total. The molecule has 0 aliphatic carbocycles. The lowest BCUT2D eigenvalue weighted by molar-refractivity contribution is -0.718. The number of quaternary nitrogens is 1. The number of anilines is 1. The first kappa shape index (κ1) is 21.0. The minimum Gasteiger partial charge on any atom is -0.495 e. The van der Waals surface area contributed by atoms with E-state index in [1.807, 2.05) is 31.2 Å². The maximum atomic E-state index is 12.7. The highest BCUT2D eigenvalue weighted by Crippen LogP contribution is 2.24. The molecule has 0 aliphatic rings. The third-order valence-corrected chi connectivity index (χ3v) is 4.98. The van der Waals surface area contributed by atoms with E-state index in [9.17, 15) is 4.79 Å². The van der Waals surface area contributed by atoms with Gasteiger partial charge in [-0.2, -0.15) is 0 Å². The summed E-state index contributed by atoms with van der Waals surface area (Å²) in [5.74, 6) is 1.58. The van der Waals surface area contributed by atoms with Gasteiger partial charge in [0.1, 0.15) is 11.8 Å². The van der Waals surface area contributed by atoms with Crippen LogP contribution in [-0.4, -0.2) is 19.1 Å². The largest absolute Gasteiger partial charge is 0.495 e. The smallest absolute Gasteiger partial charge is 0.282 e. The molecule has 0 aromatic heterocycles. The van der Waals surface area contributed by atoms with E-state index >= 15 is 0 Å². The van der Waals surface area contributed by atoms with E-state index in [1.54, 1.807) is 7.11 Å². The number of para-hydroxylation sites is 2. The molecule has 27 heavy (non-hydrogen) atoms. The van der Waals surface area contributed by atoms with Gasteiger partial charge in [0, 0.05) is 11.5 Å². The Kier molecular flexibility index (Phi) is 7.43. The highest BCUT2D eigenvalue weighted by Gasteiger charge is 2.26. The molecule has 4 heteroatoms. The van der Waals surface area contributed by atoms with Crippen LogP contribution in [0.3, 0.4) is 0 Å². The fourth-order valence-corrected chi connectivity index (χ4v) is 3.21. The molecular weight excluding hydrogens is 336 g/mol. The molecule has 0 bridgehead atoms. The molecule has 0 heterocycles. The summed E-state index contributed by atoms with van der Waals surface area (Å²) < 4.78 is 5.32. The predicted molar refractivity (Wildman–Crippen MR) is 111 cm³/mol. The first-order valence-electron chi connectivity index (χ1n) is 9.72. The molecule has 0 radical (unpaired) electrons. The lowest BCUT2D eigenvalue weighted by Crippen LogP contribution is -2.93. The third-order valence-electron chi connectivity index (χ3n) is 4.98. The van der Waals surface area contributed by atoms with Crippen molar-refractivity contribution in [1.29, 1.82) is 0 Å². The van der Waals surface area contributed by atoms with Gasteiger partial charge in [-0.3, -0.25) is 4.79 Å². The van der Waals surface area contributed by atoms with Gasteiger partial charge < -0.3 is 15.4 Å². The second-order valence-electron chi connectivity index (χ2n) is 7.76. The standard InChI is InChI=1S/C23H32N2O2/c1-15(2)18-11-13-19(14-12-18)22(16(3)4)24-17(5)23(26)25-20-9-7-8-10-21(20)27-6/h7-17,22,24H,1-6H3,(H,25,26)/p+1/t17-,22+/m1/s1. The zero-order valence-electron chi connectivity index (χ0n) is 17.3. The van der Waals surface area contributed by atoms with Crippen molar-refractivity contribution < 1.29 is 14.8 Å². The van der Waals surface area contributed by atoms with E-state index in [1.165, 1.54) is 11.1 Å². The fourth-order valence-electron chi connectivity index (χ4n) is 3.21. The molecule has 0 fully saturated rings. The van der Waals surface area contributed by atoms with Crippen LogP contribution in [0.4, 0.5) is 5.69 Å². The van der Waals surface area contributed by atoms with Crippen molar-refractivity contribution in [2.75, 3.05) is 12.4 Å². The number of nitrogens with one attached hydrogen (secondary N) is 1. The molecule has 146 valence electrons. The molecule has 0 unspecified atom stereocenters. The van der Waals surface area contributed by atoms with Crippen LogP contribution in [0.25, 0.3) is 0 Å². The van der Waals surface area contributed by atoms with Gasteiger partial charge >= 0.3 is 0 Å². The molecular formula is C23H33N2O2+. The molecule has 0 spiro atoms. The van der Waals surface area contributed by atoms with Gasteiger partial charge in [-0.05, 0) is 30.5 Å². The summed E-state index contributed by atoms with van der Waals surface area (Å²) in [7, 11) is 1.61. The highest BCUT2D eigenvalue weighted by atomic mass is 16.5. The van der Waals surface area contributed by atoms with Crippen LogP contribution in [0.2, 0.25) is 0 Å². The number of methoxy groups -OCH3 is 1. The van der Waals surface area contributed by atoms with E-state index in [4.69, 9.17) is 4.74 Å². The molecule has 1 amide bonds. The summed E-state index contributed by atoms with van der Waals surface area (Å²) >= 11 is 0. The molecule has 4 nitrogen and oxygen atoms in total. The van der Waals surface area contributed by atoms with Crippen molar-refractivity contribution >= 4 is 11.6 Å². The highest BCUT2D eigenvalue weighted by molar-refractivity contribution is 5.94. The van der Waals surface area contributed by atoms with Crippen LogP contribution in [-0.2, 0) is 4.79 Å². The van der Waals surface area contributed by atoms with E-state index in [0.29, 0.717) is 23.3 Å². The maximum absolute atomic E-state index is 12.7. The Balaban J connectivity index is 2.09. The lowest BCUT2D eigenvalue weighted by Gasteiger charge is -2.24. The van der Waals surface area contributed by atoms with Gasteiger partial charge in [0.25, 0.3) is 5.91 Å². The maximum Gasteiger partial charge on any atom is 0.282 e. The number of hydrogen-bond acceptors (Lipinski definition) is 2. The van der Waals surface area contributed by atoms with Crippen molar-refractivity contribution in [3.05, 3.63) is 59.7 Å². The normalized spacial score (nSPS) is 13.5.